The van der Waals surface area contributed by atoms with E-state index in [0.717, 1.165) is 28.7 Å². The smallest absolute Gasteiger partial charge is 0.255 e. The second-order valence-corrected chi connectivity index (χ2v) is 12.1. The molecule has 1 aliphatic rings. The first-order chi connectivity index (χ1) is 16.1. The molecule has 0 atom stereocenters. The molecule has 0 aliphatic carbocycles. The van der Waals surface area contributed by atoms with E-state index in [1.165, 1.54) is 0 Å². The maximum absolute atomic E-state index is 13.3. The minimum Gasteiger partial charge on any atom is -0.455 e. The predicted molar refractivity (Wildman–Crippen MR) is 143 cm³/mol. The molecule has 1 aliphatic heterocycles. The average molecular weight is 479 g/mol. The Balaban J connectivity index is 2.36. The van der Waals surface area contributed by atoms with E-state index >= 15 is 0 Å². The summed E-state index contributed by atoms with van der Waals surface area (Å²) in [6.45, 7) is 22.2. The highest BCUT2D eigenvalue weighted by Crippen LogP contribution is 2.52. The minimum atomic E-state index is -0.480. The summed E-state index contributed by atoms with van der Waals surface area (Å²) >= 11 is 0. The molecule has 190 valence electrons. The molecule has 0 radical (unpaired) electrons. The molecule has 0 unspecified atom stereocenters. The molecule has 0 bridgehead atoms. The van der Waals surface area contributed by atoms with E-state index in [-0.39, 0.29) is 22.6 Å². The van der Waals surface area contributed by atoms with Gasteiger partial charge >= 0.3 is 0 Å². The Hall–Kier alpha value is -2.82. The van der Waals surface area contributed by atoms with Crippen molar-refractivity contribution in [2.75, 3.05) is 13.1 Å². The van der Waals surface area contributed by atoms with Crippen LogP contribution in [0.15, 0.2) is 24.3 Å². The molecule has 2 amide bonds. The SMILES string of the molecule is CCCNC(=O)c1cc(C(C)(C)C)cc2c1Oc1c(C(=O)NCC)cc(C(C)(C)C)cc1C2(C)C. The van der Waals surface area contributed by atoms with Gasteiger partial charge in [-0.05, 0) is 47.4 Å². The second kappa shape index (κ2) is 9.33. The van der Waals surface area contributed by atoms with Crippen LogP contribution in [-0.2, 0) is 16.2 Å². The van der Waals surface area contributed by atoms with Gasteiger partial charge in [0, 0.05) is 29.6 Å². The normalized spacial score (nSPS) is 14.5. The van der Waals surface area contributed by atoms with Crippen LogP contribution < -0.4 is 15.4 Å². The minimum absolute atomic E-state index is 0.148. The molecular formula is C30H42N2O3. The van der Waals surface area contributed by atoms with Crippen LogP contribution in [0.2, 0.25) is 0 Å². The van der Waals surface area contributed by atoms with Crippen molar-refractivity contribution < 1.29 is 14.3 Å². The van der Waals surface area contributed by atoms with Crippen molar-refractivity contribution in [2.24, 2.45) is 0 Å². The Bertz CT molecular complexity index is 1150. The maximum atomic E-state index is 13.3. The molecule has 1 heterocycles. The molecule has 2 N–H and O–H groups in total. The Labute approximate surface area is 211 Å². The molecule has 5 heteroatoms. The molecule has 0 spiro atoms. The highest BCUT2D eigenvalue weighted by molar-refractivity contribution is 6.00. The molecule has 0 saturated heterocycles. The highest BCUT2D eigenvalue weighted by atomic mass is 16.5. The Morgan fingerprint density at radius 1 is 0.771 bits per heavy atom. The van der Waals surface area contributed by atoms with Crippen LogP contribution in [0, 0.1) is 0 Å². The predicted octanol–water partition coefficient (Wildman–Crippen LogP) is 6.60. The first-order valence-electron chi connectivity index (χ1n) is 12.7. The first kappa shape index (κ1) is 26.8. The van der Waals surface area contributed by atoms with E-state index in [2.05, 4.69) is 78.2 Å². The van der Waals surface area contributed by atoms with Gasteiger partial charge in [0.15, 0.2) is 0 Å². The lowest BCUT2D eigenvalue weighted by Gasteiger charge is -2.38. The summed E-state index contributed by atoms with van der Waals surface area (Å²) in [4.78, 5) is 26.5. The maximum Gasteiger partial charge on any atom is 0.255 e. The van der Waals surface area contributed by atoms with E-state index < -0.39 is 5.41 Å². The fraction of sp³-hybridized carbons (Fsp3) is 0.533. The van der Waals surface area contributed by atoms with Crippen LogP contribution in [-0.4, -0.2) is 24.9 Å². The number of hydrogen-bond acceptors (Lipinski definition) is 3. The standard InChI is InChI=1S/C30H42N2O3/c1-11-13-32-27(34)21-15-19(29(6,7)8)17-23-25(21)35-24-20(26(33)31-12-2)14-18(28(3,4)5)16-22(24)30(23,9)10/h14-17H,11-13H2,1-10H3,(H,31,33)(H,32,34). The molecule has 2 aromatic rings. The zero-order valence-electron chi connectivity index (χ0n) is 23.2. The first-order valence-corrected chi connectivity index (χ1v) is 12.7. The van der Waals surface area contributed by atoms with Crippen molar-refractivity contribution in [3.63, 3.8) is 0 Å². The van der Waals surface area contributed by atoms with Gasteiger partial charge in [0.2, 0.25) is 0 Å². The summed E-state index contributed by atoms with van der Waals surface area (Å²) in [5.74, 6) is 0.754. The lowest BCUT2D eigenvalue weighted by atomic mass is 9.70. The summed E-state index contributed by atoms with van der Waals surface area (Å²) in [6.07, 6.45) is 0.846. The van der Waals surface area contributed by atoms with Crippen molar-refractivity contribution in [3.8, 4) is 11.5 Å². The van der Waals surface area contributed by atoms with E-state index in [0.29, 0.717) is 35.7 Å². The Morgan fingerprint density at radius 2 is 1.20 bits per heavy atom. The van der Waals surface area contributed by atoms with Gasteiger partial charge in [-0.25, -0.2) is 0 Å². The topological polar surface area (TPSA) is 67.4 Å². The number of carbonyl (C=O) groups is 2. The highest BCUT2D eigenvalue weighted by Gasteiger charge is 2.40. The molecule has 5 nitrogen and oxygen atoms in total. The monoisotopic (exact) mass is 478 g/mol. The van der Waals surface area contributed by atoms with Crippen LogP contribution in [0.1, 0.15) is 119 Å². The van der Waals surface area contributed by atoms with Gasteiger partial charge in [-0.2, -0.15) is 0 Å². The van der Waals surface area contributed by atoms with Gasteiger partial charge in [-0.15, -0.1) is 0 Å². The van der Waals surface area contributed by atoms with E-state index in [1.54, 1.807) is 0 Å². The van der Waals surface area contributed by atoms with Crippen molar-refractivity contribution in [1.29, 1.82) is 0 Å². The van der Waals surface area contributed by atoms with Crippen LogP contribution in [0.5, 0.6) is 11.5 Å². The van der Waals surface area contributed by atoms with Crippen molar-refractivity contribution in [1.82, 2.24) is 10.6 Å². The summed E-state index contributed by atoms with van der Waals surface area (Å²) in [6, 6.07) is 8.22. The molecule has 3 rings (SSSR count). The molecule has 2 aromatic carbocycles. The van der Waals surface area contributed by atoms with Gasteiger partial charge < -0.3 is 15.4 Å². The number of fused-ring (bicyclic) bond motifs is 2. The number of ether oxygens (including phenoxy) is 1. The van der Waals surface area contributed by atoms with Gasteiger partial charge in [0.1, 0.15) is 11.5 Å². The largest absolute Gasteiger partial charge is 0.455 e. The Morgan fingerprint density at radius 3 is 1.57 bits per heavy atom. The fourth-order valence-electron chi connectivity index (χ4n) is 4.45. The number of hydrogen-bond donors (Lipinski definition) is 2. The van der Waals surface area contributed by atoms with Crippen LogP contribution in [0.25, 0.3) is 0 Å². The molecule has 35 heavy (non-hydrogen) atoms. The van der Waals surface area contributed by atoms with Crippen molar-refractivity contribution in [3.05, 3.63) is 57.6 Å². The third kappa shape index (κ3) is 5.10. The number of rotatable bonds is 5. The summed E-state index contributed by atoms with van der Waals surface area (Å²) in [7, 11) is 0. The van der Waals surface area contributed by atoms with Gasteiger partial charge in [0.05, 0.1) is 11.1 Å². The van der Waals surface area contributed by atoms with Crippen LogP contribution in [0.4, 0.5) is 0 Å². The Kier molecular flexibility index (Phi) is 7.14. The molecule has 0 fully saturated rings. The van der Waals surface area contributed by atoms with Gasteiger partial charge in [0.25, 0.3) is 11.8 Å². The van der Waals surface area contributed by atoms with E-state index in [9.17, 15) is 9.59 Å². The summed E-state index contributed by atoms with van der Waals surface area (Å²) in [5, 5.41) is 5.96. The van der Waals surface area contributed by atoms with Crippen LogP contribution in [0.3, 0.4) is 0 Å². The third-order valence-corrected chi connectivity index (χ3v) is 6.82. The zero-order valence-corrected chi connectivity index (χ0v) is 23.2. The van der Waals surface area contributed by atoms with Crippen LogP contribution >= 0.6 is 0 Å². The summed E-state index contributed by atoms with van der Waals surface area (Å²) < 4.78 is 6.56. The zero-order chi connectivity index (χ0) is 26.3. The van der Waals surface area contributed by atoms with Gasteiger partial charge in [-0.1, -0.05) is 74.4 Å². The average Bonchev–Trinajstić information content (AvgIpc) is 2.75. The third-order valence-electron chi connectivity index (χ3n) is 6.82. The summed E-state index contributed by atoms with van der Waals surface area (Å²) in [5.41, 5.74) is 4.33. The number of nitrogens with one attached hydrogen (secondary N) is 2. The molecule has 0 saturated carbocycles. The fourth-order valence-corrected chi connectivity index (χ4v) is 4.45. The van der Waals surface area contributed by atoms with E-state index in [1.807, 2.05) is 26.0 Å². The van der Waals surface area contributed by atoms with Gasteiger partial charge in [-0.3, -0.25) is 9.59 Å². The van der Waals surface area contributed by atoms with Crippen molar-refractivity contribution in [2.45, 2.75) is 91.9 Å². The molecule has 0 aromatic heterocycles. The number of carbonyl (C=O) groups excluding carboxylic acids is 2. The van der Waals surface area contributed by atoms with E-state index in [4.69, 9.17) is 4.74 Å². The second-order valence-electron chi connectivity index (χ2n) is 12.1. The van der Waals surface area contributed by atoms with Crippen molar-refractivity contribution >= 4 is 11.8 Å². The quantitative estimate of drug-likeness (QED) is 0.508. The number of amides is 2. The number of benzene rings is 2. The lowest BCUT2D eigenvalue weighted by molar-refractivity contribution is 0.0947. The lowest BCUT2D eigenvalue weighted by Crippen LogP contribution is -2.32. The molecular weight excluding hydrogens is 436 g/mol.